The second-order valence-corrected chi connectivity index (χ2v) is 5.90. The van der Waals surface area contributed by atoms with Gasteiger partial charge in [0.05, 0.1) is 0 Å². The van der Waals surface area contributed by atoms with Crippen LogP contribution < -0.4 is 5.32 Å². The molecule has 1 N–H and O–H groups in total. The topological polar surface area (TPSA) is 41.0 Å². The molecule has 126 valence electrons. The van der Waals surface area contributed by atoms with Crippen LogP contribution in [-0.4, -0.2) is 20.0 Å². The molecule has 4 nitrogen and oxygen atoms in total. The lowest BCUT2D eigenvalue weighted by molar-refractivity contribution is 0.412. The molecule has 0 saturated heterocycles. The SMILES string of the molecule is Fc1ccc(NC(=S)N(Cc2ccncc2)Cc2cccnc2)cc1. The third-order valence-corrected chi connectivity index (χ3v) is 3.96. The van der Waals surface area contributed by atoms with Gasteiger partial charge in [0.2, 0.25) is 0 Å². The summed E-state index contributed by atoms with van der Waals surface area (Å²) >= 11 is 5.57. The Kier molecular flexibility index (Phi) is 5.64. The van der Waals surface area contributed by atoms with E-state index in [4.69, 9.17) is 12.2 Å². The molecule has 3 aromatic rings. The fourth-order valence-electron chi connectivity index (χ4n) is 2.36. The Morgan fingerprint density at radius 1 is 0.920 bits per heavy atom. The number of anilines is 1. The summed E-state index contributed by atoms with van der Waals surface area (Å²) in [5.41, 5.74) is 2.90. The molecule has 6 heteroatoms. The van der Waals surface area contributed by atoms with Gasteiger partial charge in [-0.1, -0.05) is 6.07 Å². The number of benzene rings is 1. The maximum absolute atomic E-state index is 13.1. The van der Waals surface area contributed by atoms with Crippen molar-refractivity contribution >= 4 is 23.0 Å². The molecular formula is C19H17FN4S. The Hall–Kier alpha value is -2.86. The zero-order valence-electron chi connectivity index (χ0n) is 13.5. The minimum absolute atomic E-state index is 0.277. The summed E-state index contributed by atoms with van der Waals surface area (Å²) in [6.07, 6.45) is 7.08. The molecule has 0 saturated carbocycles. The molecule has 0 aliphatic heterocycles. The minimum atomic E-state index is -0.277. The van der Waals surface area contributed by atoms with Crippen molar-refractivity contribution in [2.24, 2.45) is 0 Å². The molecule has 0 spiro atoms. The summed E-state index contributed by atoms with van der Waals surface area (Å²) in [5.74, 6) is -0.277. The smallest absolute Gasteiger partial charge is 0.174 e. The Morgan fingerprint density at radius 2 is 1.64 bits per heavy atom. The molecule has 25 heavy (non-hydrogen) atoms. The normalized spacial score (nSPS) is 10.3. The lowest BCUT2D eigenvalue weighted by Crippen LogP contribution is -2.33. The second-order valence-electron chi connectivity index (χ2n) is 5.51. The summed E-state index contributed by atoms with van der Waals surface area (Å²) in [7, 11) is 0. The van der Waals surface area contributed by atoms with E-state index in [0.717, 1.165) is 16.8 Å². The summed E-state index contributed by atoms with van der Waals surface area (Å²) in [6, 6.07) is 13.9. The first-order chi connectivity index (χ1) is 12.2. The standard InChI is InChI=1S/C19H17FN4S/c20-17-3-5-18(6-4-17)23-19(25)24(13-15-7-10-21-11-8-15)14-16-2-1-9-22-12-16/h1-12H,13-14H2,(H,23,25). The average molecular weight is 352 g/mol. The van der Waals surface area contributed by atoms with Gasteiger partial charge < -0.3 is 10.2 Å². The van der Waals surface area contributed by atoms with Gasteiger partial charge in [-0.3, -0.25) is 9.97 Å². The van der Waals surface area contributed by atoms with Crippen molar-refractivity contribution in [3.05, 3.63) is 90.3 Å². The number of nitrogens with one attached hydrogen (secondary N) is 1. The molecule has 0 aliphatic rings. The number of pyridine rings is 2. The van der Waals surface area contributed by atoms with Crippen molar-refractivity contribution < 1.29 is 4.39 Å². The van der Waals surface area contributed by atoms with E-state index in [0.29, 0.717) is 18.2 Å². The largest absolute Gasteiger partial charge is 0.340 e. The Labute approximate surface area is 151 Å². The van der Waals surface area contributed by atoms with Gasteiger partial charge in [-0.2, -0.15) is 0 Å². The van der Waals surface area contributed by atoms with Crippen molar-refractivity contribution in [1.29, 1.82) is 0 Å². The first-order valence-electron chi connectivity index (χ1n) is 7.80. The van der Waals surface area contributed by atoms with Crippen LogP contribution in [0.5, 0.6) is 0 Å². The molecule has 0 bridgehead atoms. The third-order valence-electron chi connectivity index (χ3n) is 3.60. The van der Waals surface area contributed by atoms with Crippen molar-refractivity contribution in [1.82, 2.24) is 14.9 Å². The second kappa shape index (κ2) is 8.30. The van der Waals surface area contributed by atoms with Gasteiger partial charge in [-0.15, -0.1) is 0 Å². The number of halogens is 1. The van der Waals surface area contributed by atoms with E-state index in [9.17, 15) is 4.39 Å². The van der Waals surface area contributed by atoms with Gasteiger partial charge in [0.1, 0.15) is 5.82 Å². The number of aromatic nitrogens is 2. The van der Waals surface area contributed by atoms with Crippen molar-refractivity contribution in [2.45, 2.75) is 13.1 Å². The fourth-order valence-corrected chi connectivity index (χ4v) is 2.60. The minimum Gasteiger partial charge on any atom is -0.340 e. The molecule has 2 aromatic heterocycles. The molecule has 3 rings (SSSR count). The molecule has 0 fully saturated rings. The van der Waals surface area contributed by atoms with E-state index in [-0.39, 0.29) is 5.82 Å². The molecule has 0 atom stereocenters. The molecule has 0 unspecified atom stereocenters. The molecule has 0 aliphatic carbocycles. The van der Waals surface area contributed by atoms with E-state index in [1.54, 1.807) is 30.7 Å². The highest BCUT2D eigenvalue weighted by molar-refractivity contribution is 7.80. The number of nitrogens with zero attached hydrogens (tertiary/aromatic N) is 3. The van der Waals surface area contributed by atoms with E-state index in [2.05, 4.69) is 15.3 Å². The predicted octanol–water partition coefficient (Wildman–Crippen LogP) is 4.01. The van der Waals surface area contributed by atoms with Crippen LogP contribution >= 0.6 is 12.2 Å². The lowest BCUT2D eigenvalue weighted by Gasteiger charge is -2.26. The van der Waals surface area contributed by atoms with Gasteiger partial charge in [0.15, 0.2) is 5.11 Å². The zero-order valence-corrected chi connectivity index (χ0v) is 14.3. The number of hydrogen-bond donors (Lipinski definition) is 1. The fraction of sp³-hybridized carbons (Fsp3) is 0.105. The molecule has 1 aromatic carbocycles. The van der Waals surface area contributed by atoms with Crippen LogP contribution in [0.25, 0.3) is 0 Å². The van der Waals surface area contributed by atoms with E-state index < -0.39 is 0 Å². The van der Waals surface area contributed by atoms with Gasteiger partial charge in [0, 0.05) is 43.6 Å². The van der Waals surface area contributed by atoms with E-state index >= 15 is 0 Å². The lowest BCUT2D eigenvalue weighted by atomic mass is 10.2. The van der Waals surface area contributed by atoms with E-state index in [1.807, 2.05) is 35.4 Å². The van der Waals surface area contributed by atoms with Crippen LogP contribution in [0.1, 0.15) is 11.1 Å². The third kappa shape index (κ3) is 5.06. The first-order valence-corrected chi connectivity index (χ1v) is 8.21. The number of hydrogen-bond acceptors (Lipinski definition) is 3. The highest BCUT2D eigenvalue weighted by Gasteiger charge is 2.12. The summed E-state index contributed by atoms with van der Waals surface area (Å²) in [4.78, 5) is 10.2. The average Bonchev–Trinajstić information content (AvgIpc) is 2.65. The number of thiocarbonyl (C=S) groups is 1. The summed E-state index contributed by atoms with van der Waals surface area (Å²) < 4.78 is 13.1. The van der Waals surface area contributed by atoms with Crippen LogP contribution in [0.2, 0.25) is 0 Å². The van der Waals surface area contributed by atoms with Crippen molar-refractivity contribution in [3.8, 4) is 0 Å². The van der Waals surface area contributed by atoms with Crippen molar-refractivity contribution in [3.63, 3.8) is 0 Å². The van der Waals surface area contributed by atoms with Crippen LogP contribution in [-0.2, 0) is 13.1 Å². The highest BCUT2D eigenvalue weighted by atomic mass is 32.1. The van der Waals surface area contributed by atoms with Crippen molar-refractivity contribution in [2.75, 3.05) is 5.32 Å². The van der Waals surface area contributed by atoms with Gasteiger partial charge in [-0.25, -0.2) is 4.39 Å². The van der Waals surface area contributed by atoms with Crippen LogP contribution in [0.15, 0.2) is 73.3 Å². The molecule has 0 radical (unpaired) electrons. The maximum Gasteiger partial charge on any atom is 0.174 e. The van der Waals surface area contributed by atoms with Crippen LogP contribution in [0.4, 0.5) is 10.1 Å². The highest BCUT2D eigenvalue weighted by Crippen LogP contribution is 2.14. The van der Waals surface area contributed by atoms with Crippen LogP contribution in [0, 0.1) is 5.82 Å². The zero-order chi connectivity index (χ0) is 17.5. The van der Waals surface area contributed by atoms with Crippen LogP contribution in [0.3, 0.4) is 0 Å². The molecular weight excluding hydrogens is 335 g/mol. The summed E-state index contributed by atoms with van der Waals surface area (Å²) in [5, 5.41) is 3.73. The Bertz CT molecular complexity index is 768. The van der Waals surface area contributed by atoms with E-state index in [1.165, 1.54) is 12.1 Å². The van der Waals surface area contributed by atoms with Gasteiger partial charge in [-0.05, 0) is 65.8 Å². The Morgan fingerprint density at radius 3 is 2.32 bits per heavy atom. The molecule has 0 amide bonds. The van der Waals surface area contributed by atoms with Gasteiger partial charge in [0.25, 0.3) is 0 Å². The monoisotopic (exact) mass is 352 g/mol. The maximum atomic E-state index is 13.1. The summed E-state index contributed by atoms with van der Waals surface area (Å²) in [6.45, 7) is 1.24. The number of rotatable bonds is 5. The quantitative estimate of drug-likeness (QED) is 0.703. The Balaban J connectivity index is 1.76. The predicted molar refractivity (Wildman–Crippen MR) is 100 cm³/mol. The molecule has 2 heterocycles. The first kappa shape index (κ1) is 17.0. The van der Waals surface area contributed by atoms with Gasteiger partial charge >= 0.3 is 0 Å².